The minimum Gasteiger partial charge on any atom is -0.490 e. The van der Waals surface area contributed by atoms with E-state index in [9.17, 15) is 26.7 Å². The molecule has 1 amide bonds. The summed E-state index contributed by atoms with van der Waals surface area (Å²) in [5.74, 6) is -0.406. The van der Waals surface area contributed by atoms with Crippen LogP contribution >= 0.6 is 0 Å². The lowest BCUT2D eigenvalue weighted by Crippen LogP contribution is -2.48. The molecule has 0 bridgehead atoms. The first kappa shape index (κ1) is 38.3. The second kappa shape index (κ2) is 16.0. The summed E-state index contributed by atoms with van der Waals surface area (Å²) in [6, 6.07) is 10.3. The third kappa shape index (κ3) is 9.19. The van der Waals surface area contributed by atoms with Crippen LogP contribution in [0.15, 0.2) is 56.8 Å². The minimum atomic E-state index is -3.97. The molecule has 0 saturated heterocycles. The Kier molecular flexibility index (Phi) is 12.5. The molecular formula is C34H48N4O9S2. The first-order chi connectivity index (χ1) is 23.0. The lowest BCUT2D eigenvalue weighted by molar-refractivity contribution is -0.00835. The highest BCUT2D eigenvalue weighted by atomic mass is 32.2. The summed E-state index contributed by atoms with van der Waals surface area (Å²) in [5.41, 5.74) is 1.46. The molecule has 15 heteroatoms. The third-order valence-electron chi connectivity index (χ3n) is 8.71. The van der Waals surface area contributed by atoms with Crippen molar-refractivity contribution in [2.24, 2.45) is 5.92 Å². The number of aryl methyl sites for hydroxylation is 3. The molecule has 0 saturated carbocycles. The smallest absolute Gasteiger partial charge is 0.261 e. The molecule has 4 atom stereocenters. The van der Waals surface area contributed by atoms with Crippen molar-refractivity contribution in [3.05, 3.63) is 65.0 Å². The highest BCUT2D eigenvalue weighted by Gasteiger charge is 2.34. The molecule has 49 heavy (non-hydrogen) atoms. The van der Waals surface area contributed by atoms with Gasteiger partial charge in [-0.25, -0.2) is 16.8 Å². The minimum absolute atomic E-state index is 0.00801. The van der Waals surface area contributed by atoms with Crippen LogP contribution in [0.1, 0.15) is 67.4 Å². The fourth-order valence-electron chi connectivity index (χ4n) is 5.73. The van der Waals surface area contributed by atoms with E-state index in [0.29, 0.717) is 19.4 Å². The zero-order chi connectivity index (χ0) is 36.1. The molecule has 3 aromatic rings. The Morgan fingerprint density at radius 1 is 1.06 bits per heavy atom. The van der Waals surface area contributed by atoms with E-state index in [1.165, 1.54) is 34.5 Å². The van der Waals surface area contributed by atoms with Crippen LogP contribution in [0.5, 0.6) is 5.75 Å². The first-order valence-electron chi connectivity index (χ1n) is 16.4. The van der Waals surface area contributed by atoms with Crippen molar-refractivity contribution < 1.29 is 40.7 Å². The molecule has 2 N–H and O–H groups in total. The number of amides is 1. The maximum Gasteiger partial charge on any atom is 0.261 e. The first-order valence-corrected chi connectivity index (χ1v) is 19.3. The van der Waals surface area contributed by atoms with Gasteiger partial charge in [-0.15, -0.1) is 0 Å². The van der Waals surface area contributed by atoms with Crippen molar-refractivity contribution in [3.8, 4) is 5.75 Å². The number of carbonyl (C=O) groups is 1. The lowest BCUT2D eigenvalue weighted by Gasteiger charge is -2.35. The molecule has 0 radical (unpaired) electrons. The van der Waals surface area contributed by atoms with Crippen LogP contribution in [0.3, 0.4) is 0 Å². The Balaban J connectivity index is 1.69. The van der Waals surface area contributed by atoms with E-state index in [1.807, 2.05) is 20.8 Å². The number of likely N-dealkylation sites (N-methyl/N-ethyl adjacent to an activating group) is 1. The van der Waals surface area contributed by atoms with Crippen molar-refractivity contribution in [2.45, 2.75) is 88.8 Å². The van der Waals surface area contributed by atoms with Gasteiger partial charge in [0.1, 0.15) is 16.3 Å². The number of benzene rings is 2. The molecule has 1 aliphatic heterocycles. The summed E-state index contributed by atoms with van der Waals surface area (Å²) in [4.78, 5) is 16.0. The Labute approximate surface area is 289 Å². The van der Waals surface area contributed by atoms with Gasteiger partial charge in [-0.05, 0) is 84.2 Å². The second-order valence-electron chi connectivity index (χ2n) is 12.9. The molecule has 2 heterocycles. The number of anilines is 1. The average Bonchev–Trinajstić information content (AvgIpc) is 3.40. The van der Waals surface area contributed by atoms with E-state index in [2.05, 4.69) is 9.88 Å². The van der Waals surface area contributed by atoms with Gasteiger partial charge in [0.25, 0.3) is 15.9 Å². The van der Waals surface area contributed by atoms with Crippen molar-refractivity contribution in [2.75, 3.05) is 38.1 Å². The molecule has 0 fully saturated rings. The SMILES string of the molecule is Cc1ccc(S(=O)(=O)Nc2ccc3c(c2)C(=O)N([C@@H](C)CO)C[C@H](C)[C@@H](CN(C)S(=O)(=O)c2c(C)noc2C)OCCCC[C@H](C)O3)cc1. The number of carbonyl (C=O) groups excluding carboxylic acids is 1. The molecule has 2 aromatic carbocycles. The topological polar surface area (TPSA) is 169 Å². The number of fused-ring (bicyclic) bond motifs is 1. The fourth-order valence-corrected chi connectivity index (χ4v) is 8.25. The quantitative estimate of drug-likeness (QED) is 0.321. The van der Waals surface area contributed by atoms with E-state index in [0.717, 1.165) is 12.0 Å². The maximum absolute atomic E-state index is 14.4. The van der Waals surface area contributed by atoms with Gasteiger partial charge in [-0.2, -0.15) is 4.31 Å². The van der Waals surface area contributed by atoms with Crippen molar-refractivity contribution in [1.29, 1.82) is 0 Å². The maximum atomic E-state index is 14.4. The number of aliphatic hydroxyl groups excluding tert-OH is 1. The summed E-state index contributed by atoms with van der Waals surface area (Å²) in [7, 11) is -6.47. The van der Waals surface area contributed by atoms with E-state index in [1.54, 1.807) is 45.0 Å². The van der Waals surface area contributed by atoms with Gasteiger partial charge in [0, 0.05) is 38.3 Å². The van der Waals surface area contributed by atoms with Crippen molar-refractivity contribution >= 4 is 31.6 Å². The van der Waals surface area contributed by atoms with Gasteiger partial charge in [0.15, 0.2) is 5.76 Å². The zero-order valence-electron chi connectivity index (χ0n) is 29.2. The molecule has 270 valence electrons. The van der Waals surface area contributed by atoms with Crippen molar-refractivity contribution in [3.63, 3.8) is 0 Å². The van der Waals surface area contributed by atoms with Crippen molar-refractivity contribution in [1.82, 2.24) is 14.4 Å². The highest BCUT2D eigenvalue weighted by molar-refractivity contribution is 7.92. The number of nitrogens with zero attached hydrogens (tertiary/aromatic N) is 3. The number of aliphatic hydroxyl groups is 1. The number of ether oxygens (including phenoxy) is 2. The van der Waals surface area contributed by atoms with Gasteiger partial charge in [0.05, 0.1) is 35.3 Å². The molecule has 0 unspecified atom stereocenters. The predicted octanol–water partition coefficient (Wildman–Crippen LogP) is 4.52. The normalized spacial score (nSPS) is 20.7. The second-order valence-corrected chi connectivity index (χ2v) is 16.5. The summed E-state index contributed by atoms with van der Waals surface area (Å²) >= 11 is 0. The van der Waals surface area contributed by atoms with Gasteiger partial charge in [-0.3, -0.25) is 9.52 Å². The number of hydrogen-bond acceptors (Lipinski definition) is 10. The number of sulfonamides is 2. The number of nitrogens with one attached hydrogen (secondary N) is 1. The van der Waals surface area contributed by atoms with Gasteiger partial charge < -0.3 is 24.0 Å². The summed E-state index contributed by atoms with van der Waals surface area (Å²) in [6.45, 7) is 10.5. The number of hydrogen-bond donors (Lipinski definition) is 2. The summed E-state index contributed by atoms with van der Waals surface area (Å²) < 4.78 is 75.0. The monoisotopic (exact) mass is 720 g/mol. The summed E-state index contributed by atoms with van der Waals surface area (Å²) in [6.07, 6.45) is 1.19. The Hall–Kier alpha value is -3.50. The Bertz CT molecular complexity index is 1790. The Morgan fingerprint density at radius 3 is 2.39 bits per heavy atom. The Morgan fingerprint density at radius 2 is 1.76 bits per heavy atom. The van der Waals surface area contributed by atoms with E-state index in [4.69, 9.17) is 14.0 Å². The molecular weight excluding hydrogens is 673 g/mol. The van der Waals surface area contributed by atoms with Crippen LogP contribution in [-0.4, -0.2) is 93.8 Å². The van der Waals surface area contributed by atoms with Gasteiger partial charge in [-0.1, -0.05) is 29.8 Å². The summed E-state index contributed by atoms with van der Waals surface area (Å²) in [5, 5.41) is 14.0. The molecule has 1 aromatic heterocycles. The average molecular weight is 721 g/mol. The fraction of sp³-hybridized carbons (Fsp3) is 0.529. The van der Waals surface area contributed by atoms with E-state index in [-0.39, 0.29) is 64.0 Å². The van der Waals surface area contributed by atoms with Crippen LogP contribution in [0.2, 0.25) is 0 Å². The zero-order valence-corrected chi connectivity index (χ0v) is 30.8. The number of rotatable bonds is 9. The standard InChI is InChI=1S/C34H48N4O9S2/c1-22-11-14-29(15-12-22)48(41,42)36-28-13-16-31-30(18-28)34(40)38(24(3)21-39)19-23(2)32(45-17-9-8-10-25(4)46-31)20-37(7)49(43,44)33-26(5)35-47-27(33)6/h11-16,18,23-25,32,36,39H,8-10,17,19-21H2,1-7H3/t23-,24-,25-,32+/m0/s1. The highest BCUT2D eigenvalue weighted by Crippen LogP contribution is 2.30. The van der Waals surface area contributed by atoms with Crippen LogP contribution in [0.25, 0.3) is 0 Å². The van der Waals surface area contributed by atoms with Crippen LogP contribution < -0.4 is 9.46 Å². The number of aromatic nitrogens is 1. The van der Waals surface area contributed by atoms with Gasteiger partial charge >= 0.3 is 0 Å². The molecule has 4 rings (SSSR count). The van der Waals surface area contributed by atoms with Crippen LogP contribution in [0.4, 0.5) is 5.69 Å². The van der Waals surface area contributed by atoms with Gasteiger partial charge in [0.2, 0.25) is 10.0 Å². The largest absolute Gasteiger partial charge is 0.490 e. The predicted molar refractivity (Wildman–Crippen MR) is 185 cm³/mol. The third-order valence-corrected chi connectivity index (χ3v) is 12.2. The molecule has 0 aliphatic carbocycles. The molecule has 0 spiro atoms. The van der Waals surface area contributed by atoms with E-state index < -0.39 is 44.0 Å². The molecule has 13 nitrogen and oxygen atoms in total. The van der Waals surface area contributed by atoms with Crippen LogP contribution in [0, 0.1) is 26.7 Å². The lowest BCUT2D eigenvalue weighted by atomic mass is 10.0. The molecule has 1 aliphatic rings. The van der Waals surface area contributed by atoms with E-state index >= 15 is 0 Å². The van der Waals surface area contributed by atoms with Crippen LogP contribution in [-0.2, 0) is 24.8 Å².